The maximum Gasteiger partial charge on any atom is 0.337 e. The Bertz CT molecular complexity index is 1100. The fourth-order valence-corrected chi connectivity index (χ4v) is 4.60. The third-order valence-corrected chi connectivity index (χ3v) is 6.11. The van der Waals surface area contributed by atoms with E-state index in [0.717, 1.165) is 36.3 Å². The summed E-state index contributed by atoms with van der Waals surface area (Å²) in [4.78, 5) is 33.6. The number of methoxy groups -OCH3 is 1. The third kappa shape index (κ3) is 5.12. The van der Waals surface area contributed by atoms with Crippen LogP contribution in [0.1, 0.15) is 40.1 Å². The van der Waals surface area contributed by atoms with Crippen molar-refractivity contribution in [2.24, 2.45) is 0 Å². The van der Waals surface area contributed by atoms with Crippen LogP contribution < -0.4 is 0 Å². The maximum absolute atomic E-state index is 13.4. The first kappa shape index (κ1) is 22.7. The van der Waals surface area contributed by atoms with Gasteiger partial charge in [0.1, 0.15) is 0 Å². The van der Waals surface area contributed by atoms with Crippen molar-refractivity contribution in [1.82, 2.24) is 14.8 Å². The number of carbonyl (C=O) groups excluding carboxylic acids is 2. The van der Waals surface area contributed by atoms with Crippen molar-refractivity contribution < 1.29 is 14.3 Å². The number of rotatable bonds is 5. The Morgan fingerprint density at radius 3 is 2.27 bits per heavy atom. The van der Waals surface area contributed by atoms with Crippen LogP contribution in [0.15, 0.2) is 73.1 Å². The Balaban J connectivity index is 1.44. The van der Waals surface area contributed by atoms with E-state index >= 15 is 0 Å². The quantitative estimate of drug-likeness (QED) is 0.551. The first-order valence-electron chi connectivity index (χ1n) is 11.2. The lowest BCUT2D eigenvalue weighted by Gasteiger charge is -2.44. The SMILES string of the molecule is COC(=O)c1ccc(CN2C[C@@H](C)N(C(=O)c3cccc(-c4cccnc4)c3)[C@@H](C)C2)cc1. The van der Waals surface area contributed by atoms with Crippen LogP contribution in [0.5, 0.6) is 0 Å². The average Bonchev–Trinajstić information content (AvgIpc) is 2.84. The number of esters is 1. The lowest BCUT2D eigenvalue weighted by molar-refractivity contribution is 0.0268. The molecule has 2 heterocycles. The lowest BCUT2D eigenvalue weighted by Crippen LogP contribution is -2.58. The molecule has 0 N–H and O–H groups in total. The fraction of sp³-hybridized carbons (Fsp3) is 0.296. The van der Waals surface area contributed by atoms with Gasteiger partial charge in [-0.05, 0) is 55.3 Å². The summed E-state index contributed by atoms with van der Waals surface area (Å²) in [5.41, 5.74) is 4.36. The van der Waals surface area contributed by atoms with Gasteiger partial charge in [-0.2, -0.15) is 0 Å². The first-order chi connectivity index (χ1) is 16.0. The van der Waals surface area contributed by atoms with Crippen molar-refractivity contribution in [3.63, 3.8) is 0 Å². The summed E-state index contributed by atoms with van der Waals surface area (Å²) < 4.78 is 4.77. The summed E-state index contributed by atoms with van der Waals surface area (Å²) in [5, 5.41) is 0. The van der Waals surface area contributed by atoms with Crippen molar-refractivity contribution in [2.75, 3.05) is 20.2 Å². The minimum atomic E-state index is -0.330. The highest BCUT2D eigenvalue weighted by molar-refractivity contribution is 5.96. The number of aromatic nitrogens is 1. The smallest absolute Gasteiger partial charge is 0.337 e. The Morgan fingerprint density at radius 2 is 1.64 bits per heavy atom. The highest BCUT2D eigenvalue weighted by Crippen LogP contribution is 2.24. The van der Waals surface area contributed by atoms with Gasteiger partial charge in [-0.3, -0.25) is 14.7 Å². The first-order valence-corrected chi connectivity index (χ1v) is 11.2. The normalized spacial score (nSPS) is 18.7. The second-order valence-electron chi connectivity index (χ2n) is 8.62. The molecule has 2 atom stereocenters. The maximum atomic E-state index is 13.4. The van der Waals surface area contributed by atoms with Gasteiger partial charge in [0.2, 0.25) is 0 Å². The molecule has 33 heavy (non-hydrogen) atoms. The van der Waals surface area contributed by atoms with E-state index in [-0.39, 0.29) is 24.0 Å². The van der Waals surface area contributed by atoms with Crippen LogP contribution in [-0.4, -0.2) is 58.9 Å². The van der Waals surface area contributed by atoms with E-state index in [1.54, 1.807) is 18.3 Å². The number of pyridine rings is 1. The molecule has 0 saturated carbocycles. The number of amides is 1. The van der Waals surface area contributed by atoms with E-state index in [1.807, 2.05) is 59.6 Å². The molecule has 1 saturated heterocycles. The van der Waals surface area contributed by atoms with Gasteiger partial charge in [0.15, 0.2) is 0 Å². The van der Waals surface area contributed by atoms with Crippen LogP contribution >= 0.6 is 0 Å². The molecule has 1 aliphatic rings. The summed E-state index contributed by atoms with van der Waals surface area (Å²) >= 11 is 0. The molecular formula is C27H29N3O3. The van der Waals surface area contributed by atoms with Crippen molar-refractivity contribution in [3.8, 4) is 11.1 Å². The molecule has 1 fully saturated rings. The van der Waals surface area contributed by atoms with E-state index in [2.05, 4.69) is 23.7 Å². The summed E-state index contributed by atoms with van der Waals surface area (Å²) in [6.07, 6.45) is 3.56. The van der Waals surface area contributed by atoms with Gasteiger partial charge in [-0.15, -0.1) is 0 Å². The molecule has 0 aliphatic carbocycles. The van der Waals surface area contributed by atoms with Crippen molar-refractivity contribution in [3.05, 3.63) is 89.7 Å². The molecule has 0 bridgehead atoms. The summed E-state index contributed by atoms with van der Waals surface area (Å²) in [5.74, 6) is -0.272. The van der Waals surface area contributed by atoms with Crippen molar-refractivity contribution >= 4 is 11.9 Å². The minimum Gasteiger partial charge on any atom is -0.465 e. The highest BCUT2D eigenvalue weighted by atomic mass is 16.5. The molecular weight excluding hydrogens is 414 g/mol. The fourth-order valence-electron chi connectivity index (χ4n) is 4.60. The molecule has 1 aliphatic heterocycles. The van der Waals surface area contributed by atoms with Crippen LogP contribution in [0.2, 0.25) is 0 Å². The molecule has 170 valence electrons. The van der Waals surface area contributed by atoms with E-state index < -0.39 is 0 Å². The molecule has 1 amide bonds. The number of piperazine rings is 1. The molecule has 0 unspecified atom stereocenters. The van der Waals surface area contributed by atoms with Gasteiger partial charge in [0, 0.05) is 55.2 Å². The minimum absolute atomic E-state index is 0.0582. The highest BCUT2D eigenvalue weighted by Gasteiger charge is 2.33. The topological polar surface area (TPSA) is 62.7 Å². The summed E-state index contributed by atoms with van der Waals surface area (Å²) in [7, 11) is 1.38. The zero-order valence-electron chi connectivity index (χ0n) is 19.3. The van der Waals surface area contributed by atoms with Crippen LogP contribution in [0.4, 0.5) is 0 Å². The van der Waals surface area contributed by atoms with E-state index in [1.165, 1.54) is 7.11 Å². The van der Waals surface area contributed by atoms with E-state index in [9.17, 15) is 9.59 Å². The van der Waals surface area contributed by atoms with Gasteiger partial charge >= 0.3 is 5.97 Å². The Morgan fingerprint density at radius 1 is 0.939 bits per heavy atom. The summed E-state index contributed by atoms with van der Waals surface area (Å²) in [6.45, 7) is 6.56. The number of hydrogen-bond acceptors (Lipinski definition) is 5. The third-order valence-electron chi connectivity index (χ3n) is 6.11. The second-order valence-corrected chi connectivity index (χ2v) is 8.62. The predicted octanol–water partition coefficient (Wildman–Crippen LogP) is 4.27. The van der Waals surface area contributed by atoms with Crippen LogP contribution in [0.3, 0.4) is 0 Å². The van der Waals surface area contributed by atoms with E-state index in [4.69, 9.17) is 4.74 Å². The monoisotopic (exact) mass is 443 g/mol. The van der Waals surface area contributed by atoms with Crippen LogP contribution in [0, 0.1) is 0 Å². The van der Waals surface area contributed by atoms with Gasteiger partial charge in [0.05, 0.1) is 12.7 Å². The number of ether oxygens (including phenoxy) is 1. The zero-order chi connectivity index (χ0) is 23.4. The van der Waals surface area contributed by atoms with Crippen LogP contribution in [0.25, 0.3) is 11.1 Å². The van der Waals surface area contributed by atoms with Gasteiger partial charge in [-0.1, -0.05) is 30.3 Å². The number of benzene rings is 2. The zero-order valence-corrected chi connectivity index (χ0v) is 19.3. The second kappa shape index (κ2) is 9.96. The number of nitrogens with zero attached hydrogens (tertiary/aromatic N) is 3. The van der Waals surface area contributed by atoms with Crippen molar-refractivity contribution in [2.45, 2.75) is 32.5 Å². The van der Waals surface area contributed by atoms with Crippen molar-refractivity contribution in [1.29, 1.82) is 0 Å². The van der Waals surface area contributed by atoms with E-state index in [0.29, 0.717) is 11.1 Å². The molecule has 1 aromatic heterocycles. The predicted molar refractivity (Wildman–Crippen MR) is 128 cm³/mol. The lowest BCUT2D eigenvalue weighted by atomic mass is 10.0. The molecule has 3 aromatic rings. The standard InChI is InChI=1S/C27H29N3O3/c1-19-16-29(18-21-9-11-22(12-10-21)27(32)33-3)17-20(2)30(19)26(31)24-7-4-6-23(14-24)25-8-5-13-28-15-25/h4-15,19-20H,16-18H2,1-3H3/t19-,20+. The number of hydrogen-bond donors (Lipinski definition) is 0. The molecule has 2 aromatic carbocycles. The molecule has 0 spiro atoms. The Labute approximate surface area is 194 Å². The summed E-state index contributed by atoms with van der Waals surface area (Å²) in [6, 6.07) is 19.3. The Hall–Kier alpha value is -3.51. The van der Waals surface area contributed by atoms with Crippen LogP contribution in [-0.2, 0) is 11.3 Å². The largest absolute Gasteiger partial charge is 0.465 e. The molecule has 0 radical (unpaired) electrons. The van der Waals surface area contributed by atoms with Gasteiger partial charge in [-0.25, -0.2) is 4.79 Å². The molecule has 4 rings (SSSR count). The van der Waals surface area contributed by atoms with Gasteiger partial charge < -0.3 is 9.64 Å². The number of carbonyl (C=O) groups is 2. The van der Waals surface area contributed by atoms with Gasteiger partial charge in [0.25, 0.3) is 5.91 Å². The molecule has 6 heteroatoms. The molecule has 6 nitrogen and oxygen atoms in total. The average molecular weight is 444 g/mol. The Kier molecular flexibility index (Phi) is 6.84.